The van der Waals surface area contributed by atoms with E-state index in [2.05, 4.69) is 17.9 Å². The van der Waals surface area contributed by atoms with E-state index < -0.39 is 0 Å². The maximum Gasteiger partial charge on any atom is 0.129 e. The minimum atomic E-state index is 0.566. The summed E-state index contributed by atoms with van der Waals surface area (Å²) in [6.45, 7) is 8.21. The second-order valence-corrected chi connectivity index (χ2v) is 0.804. The van der Waals surface area contributed by atoms with Crippen molar-refractivity contribution in [2.24, 2.45) is 0 Å². The lowest BCUT2D eigenvalue weighted by Crippen LogP contribution is -1.80. The van der Waals surface area contributed by atoms with Gasteiger partial charge in [-0.2, -0.15) is 0 Å². The highest BCUT2D eigenvalue weighted by molar-refractivity contribution is 4.64. The molecule has 0 bridgehead atoms. The van der Waals surface area contributed by atoms with E-state index in [0.717, 1.165) is 0 Å². The van der Waals surface area contributed by atoms with Gasteiger partial charge in [0.15, 0.2) is 0 Å². The molecular formula is C5H8O. The lowest BCUT2D eigenvalue weighted by atomic mass is 10.7. The topological polar surface area (TPSA) is 9.23 Å². The van der Waals surface area contributed by atoms with Gasteiger partial charge in [-0.25, -0.2) is 0 Å². The van der Waals surface area contributed by atoms with Crippen LogP contribution in [0.4, 0.5) is 0 Å². The molecule has 0 spiro atoms. The molecule has 0 rings (SSSR count). The van der Waals surface area contributed by atoms with Crippen LogP contribution in [0.15, 0.2) is 12.7 Å². The Morgan fingerprint density at radius 1 is 2.00 bits per heavy atom. The van der Waals surface area contributed by atoms with E-state index in [1.54, 1.807) is 13.0 Å². The first-order valence-electron chi connectivity index (χ1n) is 1.81. The van der Waals surface area contributed by atoms with Gasteiger partial charge in [0.05, 0.1) is 6.61 Å². The van der Waals surface area contributed by atoms with Gasteiger partial charge < -0.3 is 4.74 Å². The second-order valence-electron chi connectivity index (χ2n) is 0.804. The van der Waals surface area contributed by atoms with E-state index in [1.807, 2.05) is 0 Å². The van der Waals surface area contributed by atoms with E-state index >= 15 is 0 Å². The molecule has 0 unspecified atom stereocenters. The van der Waals surface area contributed by atoms with E-state index in [1.165, 1.54) is 0 Å². The summed E-state index contributed by atoms with van der Waals surface area (Å²) in [5.41, 5.74) is 0. The SMILES string of the molecule is C=CCO[C]C. The fourth-order valence-corrected chi connectivity index (χ4v) is 0.142. The molecule has 1 nitrogen and oxygen atoms in total. The van der Waals surface area contributed by atoms with Gasteiger partial charge in [0.1, 0.15) is 6.61 Å². The Morgan fingerprint density at radius 2 is 2.67 bits per heavy atom. The van der Waals surface area contributed by atoms with E-state index in [-0.39, 0.29) is 0 Å². The molecule has 0 saturated heterocycles. The Bertz CT molecular complexity index is 32.9. The third-order valence-corrected chi connectivity index (χ3v) is 0.346. The summed E-state index contributed by atoms with van der Waals surface area (Å²) >= 11 is 0. The highest BCUT2D eigenvalue weighted by Crippen LogP contribution is 1.75. The molecule has 0 aromatic rings. The molecule has 0 amide bonds. The third kappa shape index (κ3) is 3.70. The van der Waals surface area contributed by atoms with E-state index in [9.17, 15) is 0 Å². The molecule has 2 radical (unpaired) electrons. The first kappa shape index (κ1) is 5.70. The fraction of sp³-hybridized carbons (Fsp3) is 0.400. The Balaban J connectivity index is 2.49. The smallest absolute Gasteiger partial charge is 0.129 e. The van der Waals surface area contributed by atoms with Crippen LogP contribution in [0.2, 0.25) is 0 Å². The predicted molar refractivity (Wildman–Crippen MR) is 25.1 cm³/mol. The molecule has 1 heteroatoms. The summed E-state index contributed by atoms with van der Waals surface area (Å²) in [6, 6.07) is 0. The zero-order valence-electron chi connectivity index (χ0n) is 3.90. The van der Waals surface area contributed by atoms with Crippen molar-refractivity contribution >= 4 is 0 Å². The lowest BCUT2D eigenvalue weighted by molar-refractivity contribution is 0.239. The maximum atomic E-state index is 4.61. The minimum absolute atomic E-state index is 0.566. The van der Waals surface area contributed by atoms with Crippen molar-refractivity contribution in [3.8, 4) is 0 Å². The first-order chi connectivity index (χ1) is 2.91. The minimum Gasteiger partial charge on any atom is -0.365 e. The molecule has 0 aliphatic heterocycles. The normalized spacial score (nSPS) is 8.17. The average Bonchev–Trinajstić information content (AvgIpc) is 1.61. The monoisotopic (exact) mass is 84.1 g/mol. The van der Waals surface area contributed by atoms with Crippen molar-refractivity contribution in [3.63, 3.8) is 0 Å². The first-order valence-corrected chi connectivity index (χ1v) is 1.81. The zero-order chi connectivity index (χ0) is 4.83. The summed E-state index contributed by atoms with van der Waals surface area (Å²) in [4.78, 5) is 0. The summed E-state index contributed by atoms with van der Waals surface area (Å²) in [5, 5.41) is 0. The van der Waals surface area contributed by atoms with Gasteiger partial charge in [0, 0.05) is 0 Å². The van der Waals surface area contributed by atoms with Crippen LogP contribution in [-0.4, -0.2) is 6.61 Å². The second kappa shape index (κ2) is 4.70. The van der Waals surface area contributed by atoms with Gasteiger partial charge in [0.2, 0.25) is 0 Å². The van der Waals surface area contributed by atoms with Gasteiger partial charge in [-0.3, -0.25) is 0 Å². The van der Waals surface area contributed by atoms with Crippen LogP contribution in [0.1, 0.15) is 6.92 Å². The molecule has 0 atom stereocenters. The average molecular weight is 84.1 g/mol. The standard InChI is InChI=1S/C5H8O/c1-3-5-6-4-2/h3H,1,5H2,2H3. The van der Waals surface area contributed by atoms with Crippen LogP contribution in [0.25, 0.3) is 0 Å². The van der Waals surface area contributed by atoms with Gasteiger partial charge in [0.25, 0.3) is 0 Å². The molecule has 0 saturated carbocycles. The molecule has 6 heavy (non-hydrogen) atoms. The molecule has 0 N–H and O–H groups in total. The summed E-state index contributed by atoms with van der Waals surface area (Å²) in [7, 11) is 0. The van der Waals surface area contributed by atoms with E-state index in [4.69, 9.17) is 0 Å². The Kier molecular flexibility index (Phi) is 4.46. The van der Waals surface area contributed by atoms with Crippen molar-refractivity contribution in [3.05, 3.63) is 19.3 Å². The van der Waals surface area contributed by atoms with Gasteiger partial charge in [-0.15, -0.1) is 6.58 Å². The van der Waals surface area contributed by atoms with Crippen LogP contribution in [0.5, 0.6) is 0 Å². The highest BCUT2D eigenvalue weighted by atomic mass is 16.5. The summed E-state index contributed by atoms with van der Waals surface area (Å²) in [6.07, 6.45) is 1.68. The summed E-state index contributed by atoms with van der Waals surface area (Å²) in [5.74, 6) is 0. The number of rotatable bonds is 3. The Hall–Kier alpha value is -0.300. The molecule has 0 aliphatic rings. The van der Waals surface area contributed by atoms with Crippen molar-refractivity contribution in [2.75, 3.05) is 6.61 Å². The van der Waals surface area contributed by atoms with E-state index in [0.29, 0.717) is 6.61 Å². The molecule has 0 aromatic heterocycles. The predicted octanol–water partition coefficient (Wildman–Crippen LogP) is 1.25. The van der Waals surface area contributed by atoms with Crippen molar-refractivity contribution in [2.45, 2.75) is 6.92 Å². The van der Waals surface area contributed by atoms with Crippen molar-refractivity contribution in [1.29, 1.82) is 0 Å². The van der Waals surface area contributed by atoms with Crippen LogP contribution >= 0.6 is 0 Å². The maximum absolute atomic E-state index is 4.61. The largest absolute Gasteiger partial charge is 0.365 e. The van der Waals surface area contributed by atoms with Crippen LogP contribution < -0.4 is 0 Å². The Labute approximate surface area is 38.6 Å². The highest BCUT2D eigenvalue weighted by Gasteiger charge is 1.70. The van der Waals surface area contributed by atoms with Gasteiger partial charge in [-0.05, 0) is 6.92 Å². The number of hydrogen-bond acceptors (Lipinski definition) is 1. The van der Waals surface area contributed by atoms with Crippen LogP contribution in [0, 0.1) is 6.61 Å². The fourth-order valence-electron chi connectivity index (χ4n) is 0.142. The molecule has 34 valence electrons. The van der Waals surface area contributed by atoms with Gasteiger partial charge in [-0.1, -0.05) is 6.08 Å². The quantitative estimate of drug-likeness (QED) is 0.369. The van der Waals surface area contributed by atoms with Crippen molar-refractivity contribution < 1.29 is 4.74 Å². The number of hydrogen-bond donors (Lipinski definition) is 0. The summed E-state index contributed by atoms with van der Waals surface area (Å²) < 4.78 is 4.61. The molecule has 0 aliphatic carbocycles. The molecular weight excluding hydrogens is 76.1 g/mol. The van der Waals surface area contributed by atoms with Crippen LogP contribution in [0.3, 0.4) is 0 Å². The number of ether oxygens (including phenoxy) is 1. The third-order valence-electron chi connectivity index (χ3n) is 0.346. The lowest BCUT2D eigenvalue weighted by Gasteiger charge is -1.86. The zero-order valence-corrected chi connectivity index (χ0v) is 3.90. The molecule has 0 fully saturated rings. The molecule has 0 heterocycles. The van der Waals surface area contributed by atoms with Crippen LogP contribution in [-0.2, 0) is 4.74 Å². The molecule has 0 aromatic carbocycles. The van der Waals surface area contributed by atoms with Crippen molar-refractivity contribution in [1.82, 2.24) is 0 Å². The Morgan fingerprint density at radius 3 is 2.83 bits per heavy atom. The van der Waals surface area contributed by atoms with Gasteiger partial charge >= 0.3 is 0 Å².